The highest BCUT2D eigenvalue weighted by molar-refractivity contribution is 6.37. The van der Waals surface area contributed by atoms with E-state index >= 15 is 0 Å². The molecule has 0 spiro atoms. The summed E-state index contributed by atoms with van der Waals surface area (Å²) in [5, 5.41) is 0.787. The minimum atomic E-state index is -0.216. The van der Waals surface area contributed by atoms with E-state index in [1.807, 2.05) is 59.5 Å². The van der Waals surface area contributed by atoms with Crippen LogP contribution in [0.5, 0.6) is 0 Å². The summed E-state index contributed by atoms with van der Waals surface area (Å²) < 4.78 is 0. The molecule has 1 heterocycles. The normalized spacial score (nSPS) is 14.1. The van der Waals surface area contributed by atoms with Crippen molar-refractivity contribution in [1.82, 2.24) is 9.80 Å². The van der Waals surface area contributed by atoms with E-state index in [9.17, 15) is 9.59 Å². The van der Waals surface area contributed by atoms with Gasteiger partial charge in [-0.05, 0) is 48.5 Å². The van der Waals surface area contributed by atoms with Crippen molar-refractivity contribution in [2.75, 3.05) is 38.1 Å². The zero-order valence-corrected chi connectivity index (χ0v) is 20.6. The fraction of sp³-hybridized carbons (Fsp3) is 0.259. The summed E-state index contributed by atoms with van der Waals surface area (Å²) in [5.74, 6) is -0.0854. The van der Waals surface area contributed by atoms with Gasteiger partial charge >= 0.3 is 0 Å². The van der Waals surface area contributed by atoms with Crippen molar-refractivity contribution in [2.24, 2.45) is 0 Å². The summed E-state index contributed by atoms with van der Waals surface area (Å²) in [6.07, 6.45) is 0.347. The Labute approximate surface area is 210 Å². The molecule has 0 aromatic heterocycles. The molecular weight excluding hydrogens is 469 g/mol. The van der Waals surface area contributed by atoms with E-state index in [1.165, 1.54) is 0 Å². The van der Waals surface area contributed by atoms with Crippen LogP contribution in [0.25, 0.3) is 0 Å². The summed E-state index contributed by atoms with van der Waals surface area (Å²) in [6, 6.07) is 22.3. The molecule has 0 N–H and O–H groups in total. The highest BCUT2D eigenvalue weighted by Gasteiger charge is 2.22. The van der Waals surface area contributed by atoms with Gasteiger partial charge < -0.3 is 14.7 Å². The van der Waals surface area contributed by atoms with Gasteiger partial charge in [-0.2, -0.15) is 0 Å². The number of piperazine rings is 1. The highest BCUT2D eigenvalue weighted by atomic mass is 35.5. The molecule has 7 heteroatoms. The molecule has 0 unspecified atom stereocenters. The lowest BCUT2D eigenvalue weighted by Crippen LogP contribution is -2.47. The van der Waals surface area contributed by atoms with Crippen molar-refractivity contribution >= 4 is 40.7 Å². The molecule has 34 heavy (non-hydrogen) atoms. The first-order valence-corrected chi connectivity index (χ1v) is 12.0. The van der Waals surface area contributed by atoms with E-state index in [0.29, 0.717) is 28.6 Å². The number of amides is 2. The van der Waals surface area contributed by atoms with Crippen LogP contribution < -0.4 is 4.90 Å². The number of hydrogen-bond donors (Lipinski definition) is 0. The molecule has 0 atom stereocenters. The Balaban J connectivity index is 1.55. The second kappa shape index (κ2) is 11.0. The monoisotopic (exact) mass is 495 g/mol. The van der Waals surface area contributed by atoms with Crippen LogP contribution >= 0.6 is 23.2 Å². The van der Waals surface area contributed by atoms with Crippen LogP contribution in [-0.4, -0.2) is 54.8 Å². The summed E-state index contributed by atoms with van der Waals surface area (Å²) in [6.45, 7) is 3.70. The first-order valence-electron chi connectivity index (χ1n) is 11.3. The molecule has 4 rings (SSSR count). The summed E-state index contributed by atoms with van der Waals surface area (Å²) in [7, 11) is 2.07. The van der Waals surface area contributed by atoms with Gasteiger partial charge in [-0.25, -0.2) is 0 Å². The number of nitrogens with zero attached hydrogens (tertiary/aromatic N) is 3. The number of benzene rings is 3. The Hall–Kier alpha value is -2.86. The number of anilines is 1. The molecule has 2 amide bonds. The molecule has 1 fully saturated rings. The summed E-state index contributed by atoms with van der Waals surface area (Å²) in [5.41, 5.74) is 3.03. The first-order chi connectivity index (χ1) is 16.4. The zero-order chi connectivity index (χ0) is 24.1. The Morgan fingerprint density at radius 3 is 2.18 bits per heavy atom. The fourth-order valence-corrected chi connectivity index (χ4v) is 4.48. The molecule has 1 saturated heterocycles. The van der Waals surface area contributed by atoms with Crippen molar-refractivity contribution in [3.63, 3.8) is 0 Å². The van der Waals surface area contributed by atoms with Crippen LogP contribution in [0.3, 0.4) is 0 Å². The number of likely N-dealkylation sites (N-methyl/N-ethyl adjacent to an activating group) is 1. The molecule has 176 valence electrons. The van der Waals surface area contributed by atoms with Gasteiger partial charge in [0.05, 0.1) is 23.6 Å². The van der Waals surface area contributed by atoms with Crippen molar-refractivity contribution in [1.29, 1.82) is 0 Å². The van der Waals surface area contributed by atoms with Gasteiger partial charge in [0.15, 0.2) is 0 Å². The van der Waals surface area contributed by atoms with Crippen LogP contribution in [0.1, 0.15) is 21.5 Å². The summed E-state index contributed by atoms with van der Waals surface area (Å²) >= 11 is 12.4. The van der Waals surface area contributed by atoms with E-state index in [0.717, 1.165) is 43.0 Å². The molecule has 5 nitrogen and oxygen atoms in total. The number of halogens is 2. The van der Waals surface area contributed by atoms with Crippen LogP contribution in [0.15, 0.2) is 72.8 Å². The second-order valence-corrected chi connectivity index (χ2v) is 9.37. The number of carbonyl (C=O) groups is 2. The molecule has 3 aromatic carbocycles. The Morgan fingerprint density at radius 2 is 1.53 bits per heavy atom. The largest absolute Gasteiger partial charge is 0.340 e. The van der Waals surface area contributed by atoms with E-state index in [1.54, 1.807) is 23.1 Å². The van der Waals surface area contributed by atoms with E-state index in [-0.39, 0.29) is 11.8 Å². The molecule has 3 aromatic rings. The van der Waals surface area contributed by atoms with E-state index in [2.05, 4.69) is 11.9 Å². The van der Waals surface area contributed by atoms with Crippen molar-refractivity contribution in [3.8, 4) is 0 Å². The molecule has 1 aliphatic rings. The van der Waals surface area contributed by atoms with Gasteiger partial charge in [-0.1, -0.05) is 65.7 Å². The Morgan fingerprint density at radius 1 is 0.853 bits per heavy atom. The van der Waals surface area contributed by atoms with Crippen LogP contribution in [0.4, 0.5) is 5.69 Å². The predicted octanol–water partition coefficient (Wildman–Crippen LogP) is 5.16. The lowest BCUT2D eigenvalue weighted by Gasteiger charge is -2.32. The van der Waals surface area contributed by atoms with Gasteiger partial charge in [0, 0.05) is 36.9 Å². The Kier molecular flexibility index (Phi) is 7.88. The third kappa shape index (κ3) is 5.98. The van der Waals surface area contributed by atoms with Crippen molar-refractivity contribution in [3.05, 3.63) is 99.5 Å². The minimum Gasteiger partial charge on any atom is -0.340 e. The number of carbonyl (C=O) groups excluding carboxylic acids is 2. The van der Waals surface area contributed by atoms with Crippen LogP contribution in [0.2, 0.25) is 10.0 Å². The minimum absolute atomic E-state index is 0.131. The van der Waals surface area contributed by atoms with E-state index in [4.69, 9.17) is 23.2 Å². The van der Waals surface area contributed by atoms with Crippen molar-refractivity contribution in [2.45, 2.75) is 13.0 Å². The maximum absolute atomic E-state index is 13.5. The molecule has 0 aliphatic carbocycles. The molecule has 0 radical (unpaired) electrons. The third-order valence-corrected chi connectivity index (χ3v) is 6.60. The van der Waals surface area contributed by atoms with Crippen LogP contribution in [0, 0.1) is 0 Å². The summed E-state index contributed by atoms with van der Waals surface area (Å²) in [4.78, 5) is 32.1. The molecule has 1 aliphatic heterocycles. The van der Waals surface area contributed by atoms with Gasteiger partial charge in [-0.3, -0.25) is 9.59 Å². The lowest BCUT2D eigenvalue weighted by atomic mass is 10.1. The SMILES string of the molecule is CN1CCN(C(=O)Cc2ccc(N(Cc3ccccc3)C(=O)c3ccc(Cl)cc3Cl)cc2)CC1. The van der Waals surface area contributed by atoms with Gasteiger partial charge in [0.2, 0.25) is 5.91 Å². The maximum Gasteiger partial charge on any atom is 0.260 e. The topological polar surface area (TPSA) is 43.9 Å². The smallest absolute Gasteiger partial charge is 0.260 e. The zero-order valence-electron chi connectivity index (χ0n) is 19.1. The maximum atomic E-state index is 13.5. The molecular formula is C27H27Cl2N3O2. The number of hydrogen-bond acceptors (Lipinski definition) is 3. The quantitative estimate of drug-likeness (QED) is 0.474. The average Bonchev–Trinajstić information content (AvgIpc) is 2.84. The van der Waals surface area contributed by atoms with Gasteiger partial charge in [0.1, 0.15) is 0 Å². The Bertz CT molecular complexity index is 1140. The highest BCUT2D eigenvalue weighted by Crippen LogP contribution is 2.26. The van der Waals surface area contributed by atoms with Gasteiger partial charge in [0.25, 0.3) is 5.91 Å². The molecule has 0 saturated carbocycles. The second-order valence-electron chi connectivity index (χ2n) is 8.53. The van der Waals surface area contributed by atoms with Crippen LogP contribution in [-0.2, 0) is 17.8 Å². The fourth-order valence-electron chi connectivity index (χ4n) is 3.99. The molecule has 0 bridgehead atoms. The van der Waals surface area contributed by atoms with Crippen molar-refractivity contribution < 1.29 is 9.59 Å². The van der Waals surface area contributed by atoms with Gasteiger partial charge in [-0.15, -0.1) is 0 Å². The lowest BCUT2D eigenvalue weighted by molar-refractivity contribution is -0.132. The first kappa shape index (κ1) is 24.3. The predicted molar refractivity (Wildman–Crippen MR) is 138 cm³/mol. The standard InChI is InChI=1S/C27H27Cl2N3O2/c1-30-13-15-31(16-14-30)26(33)17-20-7-10-23(11-8-20)32(19-21-5-3-2-4-6-21)27(34)24-12-9-22(28)18-25(24)29/h2-12,18H,13-17,19H2,1H3. The van der Waals surface area contributed by atoms with E-state index < -0.39 is 0 Å². The third-order valence-electron chi connectivity index (χ3n) is 6.05. The average molecular weight is 496 g/mol. The number of rotatable bonds is 6.